The number of hydrogen-bond acceptors (Lipinski definition) is 5. The van der Waals surface area contributed by atoms with Gasteiger partial charge in [-0.25, -0.2) is 22.5 Å². The van der Waals surface area contributed by atoms with Crippen LogP contribution in [-0.4, -0.2) is 41.3 Å². The summed E-state index contributed by atoms with van der Waals surface area (Å²) in [7, 11) is -3.18. The molecular formula is C19H22FN5O2S. The van der Waals surface area contributed by atoms with Gasteiger partial charge in [-0.3, -0.25) is 0 Å². The number of benzene rings is 1. The van der Waals surface area contributed by atoms with Crippen molar-refractivity contribution in [2.45, 2.75) is 37.8 Å². The van der Waals surface area contributed by atoms with Crippen molar-refractivity contribution in [3.8, 4) is 5.82 Å². The highest BCUT2D eigenvalue weighted by molar-refractivity contribution is 7.88. The molecule has 0 saturated heterocycles. The predicted molar refractivity (Wildman–Crippen MR) is 106 cm³/mol. The monoisotopic (exact) mass is 403 g/mol. The summed E-state index contributed by atoms with van der Waals surface area (Å²) in [4.78, 5) is 8.87. The second-order valence-corrected chi connectivity index (χ2v) is 8.96. The molecule has 148 valence electrons. The number of nitrogens with zero attached hydrogens (tertiary/aromatic N) is 3. The average Bonchev–Trinajstić information content (AvgIpc) is 3.08. The van der Waals surface area contributed by atoms with Crippen LogP contribution >= 0.6 is 0 Å². The van der Waals surface area contributed by atoms with E-state index in [0.29, 0.717) is 17.2 Å². The lowest BCUT2D eigenvalue weighted by molar-refractivity contribution is 0.387. The number of anilines is 1. The van der Waals surface area contributed by atoms with Crippen molar-refractivity contribution in [2.75, 3.05) is 11.6 Å². The van der Waals surface area contributed by atoms with Gasteiger partial charge >= 0.3 is 0 Å². The molecule has 2 aromatic heterocycles. The van der Waals surface area contributed by atoms with Crippen molar-refractivity contribution in [3.63, 3.8) is 0 Å². The Labute approximate surface area is 163 Å². The minimum absolute atomic E-state index is 0.0126. The van der Waals surface area contributed by atoms with Crippen molar-refractivity contribution < 1.29 is 12.8 Å². The van der Waals surface area contributed by atoms with Crippen LogP contribution in [0.2, 0.25) is 0 Å². The van der Waals surface area contributed by atoms with Crippen molar-refractivity contribution in [3.05, 3.63) is 48.5 Å². The van der Waals surface area contributed by atoms with Crippen LogP contribution in [0.15, 0.2) is 42.7 Å². The van der Waals surface area contributed by atoms with Gasteiger partial charge < -0.3 is 9.88 Å². The molecule has 0 amide bonds. The SMILES string of the molecule is CS(=O)(=O)N[C@H]1CC[C@H](Nc2nccc(-n3ccc4c(F)cccc43)n2)CC1. The zero-order valence-electron chi connectivity index (χ0n) is 15.5. The number of aromatic nitrogens is 3. The molecule has 0 bridgehead atoms. The van der Waals surface area contributed by atoms with E-state index in [2.05, 4.69) is 20.0 Å². The minimum atomic E-state index is -3.18. The normalized spacial score (nSPS) is 20.4. The zero-order valence-corrected chi connectivity index (χ0v) is 16.3. The van der Waals surface area contributed by atoms with Crippen molar-refractivity contribution in [1.29, 1.82) is 0 Å². The molecule has 1 aromatic carbocycles. The second-order valence-electron chi connectivity index (χ2n) is 7.18. The van der Waals surface area contributed by atoms with Crippen LogP contribution in [0.4, 0.5) is 10.3 Å². The van der Waals surface area contributed by atoms with Gasteiger partial charge in [-0.1, -0.05) is 6.07 Å². The van der Waals surface area contributed by atoms with Gasteiger partial charge in [0.2, 0.25) is 16.0 Å². The Hall–Kier alpha value is -2.52. The maximum Gasteiger partial charge on any atom is 0.224 e. The molecule has 4 rings (SSSR count). The lowest BCUT2D eigenvalue weighted by atomic mass is 9.92. The highest BCUT2D eigenvalue weighted by Crippen LogP contribution is 2.24. The predicted octanol–water partition coefficient (Wildman–Crippen LogP) is 2.83. The van der Waals surface area contributed by atoms with Gasteiger partial charge in [-0.2, -0.15) is 4.98 Å². The van der Waals surface area contributed by atoms with E-state index in [1.165, 1.54) is 12.3 Å². The number of rotatable bonds is 5. The van der Waals surface area contributed by atoms with E-state index in [-0.39, 0.29) is 17.9 Å². The Morgan fingerprint density at radius 1 is 1.11 bits per heavy atom. The first kappa shape index (κ1) is 18.8. The largest absolute Gasteiger partial charge is 0.351 e. The fraction of sp³-hybridized carbons (Fsp3) is 0.368. The Balaban J connectivity index is 1.47. The summed E-state index contributed by atoms with van der Waals surface area (Å²) < 4.78 is 41.2. The topological polar surface area (TPSA) is 88.9 Å². The lowest BCUT2D eigenvalue weighted by Crippen LogP contribution is -2.39. The van der Waals surface area contributed by atoms with Crippen LogP contribution in [0.5, 0.6) is 0 Å². The summed E-state index contributed by atoms with van der Waals surface area (Å²) in [5, 5.41) is 3.89. The van der Waals surface area contributed by atoms with Crippen LogP contribution in [0.3, 0.4) is 0 Å². The molecule has 1 aliphatic rings. The van der Waals surface area contributed by atoms with Gasteiger partial charge in [-0.05, 0) is 49.9 Å². The van der Waals surface area contributed by atoms with Crippen molar-refractivity contribution in [2.24, 2.45) is 0 Å². The van der Waals surface area contributed by atoms with E-state index in [4.69, 9.17) is 0 Å². The van der Waals surface area contributed by atoms with Crippen LogP contribution < -0.4 is 10.0 Å². The molecule has 3 aromatic rings. The maximum atomic E-state index is 13.9. The van der Waals surface area contributed by atoms with E-state index in [9.17, 15) is 12.8 Å². The lowest BCUT2D eigenvalue weighted by Gasteiger charge is -2.29. The van der Waals surface area contributed by atoms with Gasteiger partial charge in [0.05, 0.1) is 11.8 Å². The van der Waals surface area contributed by atoms with Gasteiger partial charge in [0.15, 0.2) is 0 Å². The molecule has 1 fully saturated rings. The molecule has 2 heterocycles. The third-order valence-electron chi connectivity index (χ3n) is 5.01. The number of sulfonamides is 1. The van der Waals surface area contributed by atoms with Gasteiger partial charge in [0.1, 0.15) is 11.6 Å². The first-order valence-corrected chi connectivity index (χ1v) is 11.1. The summed E-state index contributed by atoms with van der Waals surface area (Å²) in [5.41, 5.74) is 0.747. The Kier molecular flexibility index (Phi) is 5.03. The molecule has 2 N–H and O–H groups in total. The fourth-order valence-electron chi connectivity index (χ4n) is 3.72. The summed E-state index contributed by atoms with van der Waals surface area (Å²) in [6.45, 7) is 0. The Bertz CT molecular complexity index is 1090. The molecular weight excluding hydrogens is 381 g/mol. The van der Waals surface area contributed by atoms with Crippen LogP contribution in [0, 0.1) is 5.82 Å². The maximum absolute atomic E-state index is 13.9. The van der Waals surface area contributed by atoms with Crippen molar-refractivity contribution >= 4 is 26.9 Å². The van der Waals surface area contributed by atoms with E-state index in [1.807, 2.05) is 10.6 Å². The molecule has 9 heteroatoms. The van der Waals surface area contributed by atoms with Gasteiger partial charge in [0, 0.05) is 29.9 Å². The van der Waals surface area contributed by atoms with E-state index < -0.39 is 10.0 Å². The molecule has 0 atom stereocenters. The highest BCUT2D eigenvalue weighted by atomic mass is 32.2. The Morgan fingerprint density at radius 3 is 2.61 bits per heavy atom. The fourth-order valence-corrected chi connectivity index (χ4v) is 4.56. The standard InChI is InChI=1S/C19H22FN5O2S/c1-28(26,27)24-14-7-5-13(6-8-14)22-19-21-11-9-18(23-19)25-12-10-15-16(20)3-2-4-17(15)25/h2-4,9-14,24H,5-8H2,1H3,(H,21,22,23)/t13-,14-. The number of nitrogens with one attached hydrogen (secondary N) is 2. The molecule has 1 saturated carbocycles. The zero-order chi connectivity index (χ0) is 19.7. The summed E-state index contributed by atoms with van der Waals surface area (Å²) in [5.74, 6) is 0.906. The summed E-state index contributed by atoms with van der Waals surface area (Å²) >= 11 is 0. The minimum Gasteiger partial charge on any atom is -0.351 e. The van der Waals surface area contributed by atoms with E-state index in [0.717, 1.165) is 31.2 Å². The smallest absolute Gasteiger partial charge is 0.224 e. The van der Waals surface area contributed by atoms with Crippen molar-refractivity contribution in [1.82, 2.24) is 19.3 Å². The van der Waals surface area contributed by atoms with Gasteiger partial charge in [-0.15, -0.1) is 0 Å². The molecule has 7 nitrogen and oxygen atoms in total. The van der Waals surface area contributed by atoms with Gasteiger partial charge in [0.25, 0.3) is 0 Å². The third kappa shape index (κ3) is 4.15. The van der Waals surface area contributed by atoms with Crippen LogP contribution in [-0.2, 0) is 10.0 Å². The molecule has 1 aliphatic carbocycles. The third-order valence-corrected chi connectivity index (χ3v) is 5.77. The molecule has 0 spiro atoms. The van der Waals surface area contributed by atoms with Crippen LogP contribution in [0.1, 0.15) is 25.7 Å². The number of hydrogen-bond donors (Lipinski definition) is 2. The summed E-state index contributed by atoms with van der Waals surface area (Å²) in [6, 6.07) is 8.65. The molecule has 0 radical (unpaired) electrons. The van der Waals surface area contributed by atoms with E-state index in [1.54, 1.807) is 30.6 Å². The average molecular weight is 403 g/mol. The quantitative estimate of drug-likeness (QED) is 0.684. The molecule has 0 unspecified atom stereocenters. The molecule has 0 aliphatic heterocycles. The Morgan fingerprint density at radius 2 is 1.86 bits per heavy atom. The summed E-state index contributed by atoms with van der Waals surface area (Å²) in [6.07, 6.45) is 7.86. The first-order chi connectivity index (χ1) is 13.4. The second kappa shape index (κ2) is 7.48. The molecule has 28 heavy (non-hydrogen) atoms. The number of halogens is 1. The van der Waals surface area contributed by atoms with Crippen LogP contribution in [0.25, 0.3) is 16.7 Å². The first-order valence-electron chi connectivity index (χ1n) is 9.22. The highest BCUT2D eigenvalue weighted by Gasteiger charge is 2.23. The van der Waals surface area contributed by atoms with E-state index >= 15 is 0 Å². The number of fused-ring (bicyclic) bond motifs is 1.